The van der Waals surface area contributed by atoms with Gasteiger partial charge in [-0.15, -0.1) is 0 Å². The van der Waals surface area contributed by atoms with Crippen molar-refractivity contribution in [2.45, 2.75) is 26.3 Å². The molecule has 0 saturated carbocycles. The third kappa shape index (κ3) is 5.11. The minimum absolute atomic E-state index is 0.615. The first-order valence-electron chi connectivity index (χ1n) is 9.17. The van der Waals surface area contributed by atoms with E-state index >= 15 is 0 Å². The van der Waals surface area contributed by atoms with Crippen LogP contribution in [0.3, 0.4) is 0 Å². The molecule has 1 heterocycles. The van der Waals surface area contributed by atoms with Gasteiger partial charge in [0.25, 0.3) is 0 Å². The third-order valence-corrected chi connectivity index (χ3v) is 5.01. The maximum Gasteiger partial charge on any atom is 0.171 e. The average Bonchev–Trinajstić information content (AvgIpc) is 2.67. The smallest absolute Gasteiger partial charge is 0.171 e. The zero-order valence-corrected chi connectivity index (χ0v) is 16.3. The molecule has 1 aliphatic heterocycles. The first-order valence-corrected chi connectivity index (χ1v) is 9.57. The van der Waals surface area contributed by atoms with Crippen LogP contribution in [0, 0.1) is 5.92 Å². The monoisotopic (exact) mass is 369 g/mol. The van der Waals surface area contributed by atoms with E-state index in [1.54, 1.807) is 7.11 Å². The number of methoxy groups -OCH3 is 1. The van der Waals surface area contributed by atoms with Crippen molar-refractivity contribution < 1.29 is 4.74 Å². The van der Waals surface area contributed by atoms with Crippen LogP contribution in [0.25, 0.3) is 0 Å². The van der Waals surface area contributed by atoms with Gasteiger partial charge in [-0.3, -0.25) is 0 Å². The average molecular weight is 370 g/mol. The summed E-state index contributed by atoms with van der Waals surface area (Å²) in [5, 5.41) is 7.06. The number of nitrogens with zero attached hydrogens (tertiary/aromatic N) is 1. The summed E-state index contributed by atoms with van der Waals surface area (Å²) < 4.78 is 5.16. The summed E-state index contributed by atoms with van der Waals surface area (Å²) in [6, 6.07) is 16.5. The first-order chi connectivity index (χ1) is 12.6. The number of piperidine rings is 1. The van der Waals surface area contributed by atoms with E-state index in [1.807, 2.05) is 24.3 Å². The van der Waals surface area contributed by atoms with Crippen molar-refractivity contribution in [3.8, 4) is 5.75 Å². The summed E-state index contributed by atoms with van der Waals surface area (Å²) in [6.07, 6.45) is 2.63. The fourth-order valence-corrected chi connectivity index (χ4v) is 3.47. The van der Waals surface area contributed by atoms with Gasteiger partial charge in [0, 0.05) is 31.0 Å². The lowest BCUT2D eigenvalue weighted by molar-refractivity contribution is 0.415. The number of hydrogen-bond donors (Lipinski definition) is 2. The van der Waals surface area contributed by atoms with E-state index in [0.717, 1.165) is 30.4 Å². The summed E-state index contributed by atoms with van der Waals surface area (Å²) in [7, 11) is 1.66. The zero-order chi connectivity index (χ0) is 18.4. The summed E-state index contributed by atoms with van der Waals surface area (Å²) in [5.74, 6) is 1.61. The van der Waals surface area contributed by atoms with E-state index in [0.29, 0.717) is 11.7 Å². The molecule has 1 atom stereocenters. The Morgan fingerprint density at radius 3 is 2.54 bits per heavy atom. The highest BCUT2D eigenvalue weighted by Gasteiger charge is 2.16. The van der Waals surface area contributed by atoms with Crippen LogP contribution < -0.4 is 20.3 Å². The van der Waals surface area contributed by atoms with Crippen molar-refractivity contribution in [1.82, 2.24) is 5.32 Å². The van der Waals surface area contributed by atoms with Gasteiger partial charge >= 0.3 is 0 Å². The van der Waals surface area contributed by atoms with Gasteiger partial charge in [0.1, 0.15) is 5.75 Å². The predicted molar refractivity (Wildman–Crippen MR) is 113 cm³/mol. The van der Waals surface area contributed by atoms with Crippen LogP contribution in [0.15, 0.2) is 48.5 Å². The van der Waals surface area contributed by atoms with Crippen molar-refractivity contribution >= 4 is 28.7 Å². The fourth-order valence-electron chi connectivity index (χ4n) is 3.28. The molecule has 0 bridgehead atoms. The molecule has 3 rings (SSSR count). The van der Waals surface area contributed by atoms with Gasteiger partial charge in [-0.1, -0.05) is 19.1 Å². The number of hydrogen-bond acceptors (Lipinski definition) is 3. The van der Waals surface area contributed by atoms with E-state index in [-0.39, 0.29) is 0 Å². The minimum atomic E-state index is 0.615. The molecule has 2 aromatic rings. The van der Waals surface area contributed by atoms with Crippen LogP contribution in [-0.4, -0.2) is 25.3 Å². The lowest BCUT2D eigenvalue weighted by atomic mass is 9.99. The van der Waals surface area contributed by atoms with Gasteiger partial charge in [-0.25, -0.2) is 0 Å². The van der Waals surface area contributed by atoms with Gasteiger partial charge in [0.15, 0.2) is 5.11 Å². The molecule has 2 aromatic carbocycles. The molecule has 26 heavy (non-hydrogen) atoms. The van der Waals surface area contributed by atoms with Crippen LogP contribution in [0.1, 0.15) is 25.3 Å². The summed E-state index contributed by atoms with van der Waals surface area (Å²) in [4.78, 5) is 2.49. The van der Waals surface area contributed by atoms with Crippen molar-refractivity contribution in [3.05, 3.63) is 54.1 Å². The lowest BCUT2D eigenvalue weighted by Crippen LogP contribution is -2.34. The number of thiocarbonyl (C=S) groups is 1. The maximum absolute atomic E-state index is 5.38. The molecular formula is C21H27N3OS. The molecule has 0 aromatic heterocycles. The highest BCUT2D eigenvalue weighted by molar-refractivity contribution is 7.80. The van der Waals surface area contributed by atoms with Gasteiger partial charge in [0.2, 0.25) is 0 Å². The highest BCUT2D eigenvalue weighted by Crippen LogP contribution is 2.23. The first kappa shape index (κ1) is 18.5. The van der Waals surface area contributed by atoms with Crippen LogP contribution in [0.5, 0.6) is 5.75 Å². The molecule has 1 aliphatic rings. The molecule has 4 nitrogen and oxygen atoms in total. The van der Waals surface area contributed by atoms with Gasteiger partial charge in [0.05, 0.1) is 7.11 Å². The number of benzene rings is 2. The molecule has 0 radical (unpaired) electrons. The van der Waals surface area contributed by atoms with Gasteiger partial charge in [-0.2, -0.15) is 0 Å². The van der Waals surface area contributed by atoms with Crippen LogP contribution in [0.4, 0.5) is 11.4 Å². The Balaban J connectivity index is 1.48. The number of ether oxygens (including phenoxy) is 1. The molecule has 2 N–H and O–H groups in total. The van der Waals surface area contributed by atoms with Gasteiger partial charge in [-0.05, 0) is 72.9 Å². The van der Waals surface area contributed by atoms with Crippen molar-refractivity contribution in [2.75, 3.05) is 30.4 Å². The molecule has 138 valence electrons. The van der Waals surface area contributed by atoms with Crippen molar-refractivity contribution in [3.63, 3.8) is 0 Å². The minimum Gasteiger partial charge on any atom is -0.497 e. The Kier molecular flexibility index (Phi) is 6.34. The second kappa shape index (κ2) is 8.90. The Labute approximate surface area is 161 Å². The number of nitrogens with one attached hydrogen (secondary N) is 2. The standard InChI is InChI=1S/C21H27N3OS/c1-16-4-3-13-24(15-16)19-9-5-17(6-10-19)14-22-21(26)23-18-7-11-20(25-2)12-8-18/h5-12,16H,3-4,13-15H2,1-2H3,(H2,22,23,26)/t16-/m1/s1. The van der Waals surface area contributed by atoms with Crippen molar-refractivity contribution in [1.29, 1.82) is 0 Å². The Morgan fingerprint density at radius 2 is 1.88 bits per heavy atom. The van der Waals surface area contributed by atoms with Crippen LogP contribution in [0.2, 0.25) is 0 Å². The molecule has 0 spiro atoms. The largest absolute Gasteiger partial charge is 0.497 e. The predicted octanol–water partition coefficient (Wildman–Crippen LogP) is 4.42. The fraction of sp³-hybridized carbons (Fsp3) is 0.381. The molecule has 0 amide bonds. The lowest BCUT2D eigenvalue weighted by Gasteiger charge is -2.32. The normalized spacial score (nSPS) is 16.8. The summed E-state index contributed by atoms with van der Waals surface area (Å²) in [6.45, 7) is 5.37. The topological polar surface area (TPSA) is 36.5 Å². The summed E-state index contributed by atoms with van der Waals surface area (Å²) in [5.41, 5.74) is 3.48. The Morgan fingerprint density at radius 1 is 1.15 bits per heavy atom. The van der Waals surface area contributed by atoms with E-state index in [4.69, 9.17) is 17.0 Å². The Bertz CT molecular complexity index is 715. The molecule has 1 fully saturated rings. The van der Waals surface area contributed by atoms with Crippen molar-refractivity contribution in [2.24, 2.45) is 5.92 Å². The molecular weight excluding hydrogens is 342 g/mol. The maximum atomic E-state index is 5.38. The molecule has 0 unspecified atom stereocenters. The van der Waals surface area contributed by atoms with E-state index in [1.165, 1.54) is 24.1 Å². The van der Waals surface area contributed by atoms with Crippen LogP contribution in [-0.2, 0) is 6.54 Å². The van der Waals surface area contributed by atoms with E-state index in [2.05, 4.69) is 46.7 Å². The van der Waals surface area contributed by atoms with Crippen LogP contribution >= 0.6 is 12.2 Å². The third-order valence-electron chi connectivity index (χ3n) is 4.76. The second-order valence-electron chi connectivity index (χ2n) is 6.90. The quantitative estimate of drug-likeness (QED) is 0.763. The zero-order valence-electron chi connectivity index (χ0n) is 15.5. The number of rotatable bonds is 5. The summed E-state index contributed by atoms with van der Waals surface area (Å²) >= 11 is 5.38. The molecule has 5 heteroatoms. The van der Waals surface area contributed by atoms with Gasteiger partial charge < -0.3 is 20.3 Å². The number of anilines is 2. The Hall–Kier alpha value is -2.27. The second-order valence-corrected chi connectivity index (χ2v) is 7.30. The van der Waals surface area contributed by atoms with E-state index < -0.39 is 0 Å². The van der Waals surface area contributed by atoms with E-state index in [9.17, 15) is 0 Å². The molecule has 0 aliphatic carbocycles. The molecule has 1 saturated heterocycles. The SMILES string of the molecule is COc1ccc(NC(=S)NCc2ccc(N3CCC[C@@H](C)C3)cc2)cc1. The highest BCUT2D eigenvalue weighted by atomic mass is 32.1.